The first-order valence-corrected chi connectivity index (χ1v) is 8.44. The maximum atomic E-state index is 12.7. The summed E-state index contributed by atoms with van der Waals surface area (Å²) in [5, 5.41) is 20.0. The van der Waals surface area contributed by atoms with Crippen LogP contribution in [0.2, 0.25) is 0 Å². The molecule has 3 heterocycles. The zero-order valence-electron chi connectivity index (χ0n) is 14.6. The summed E-state index contributed by atoms with van der Waals surface area (Å²) >= 11 is 0. The summed E-state index contributed by atoms with van der Waals surface area (Å²) in [5.74, 6) is 0.528. The SMILES string of the molecule is Cc1ccc(-c2noc(CCO)n2)cc1NC(=O)c1cnn2ccccc12. The number of carbonyl (C=O) groups excluding carboxylic acids is 1. The molecular weight excluding hydrogens is 346 g/mol. The molecule has 1 amide bonds. The van der Waals surface area contributed by atoms with Crippen molar-refractivity contribution >= 4 is 17.1 Å². The molecule has 0 radical (unpaired) electrons. The highest BCUT2D eigenvalue weighted by atomic mass is 16.5. The Bertz CT molecular complexity index is 1120. The van der Waals surface area contributed by atoms with Crippen molar-refractivity contribution in [2.24, 2.45) is 0 Å². The predicted molar refractivity (Wildman–Crippen MR) is 98.4 cm³/mol. The lowest BCUT2D eigenvalue weighted by Crippen LogP contribution is -2.12. The van der Waals surface area contributed by atoms with Crippen molar-refractivity contribution in [3.63, 3.8) is 0 Å². The normalized spacial score (nSPS) is 11.0. The minimum absolute atomic E-state index is 0.0590. The van der Waals surface area contributed by atoms with Crippen molar-refractivity contribution in [2.75, 3.05) is 11.9 Å². The Morgan fingerprint density at radius 1 is 1.30 bits per heavy atom. The van der Waals surface area contributed by atoms with Crippen molar-refractivity contribution in [1.82, 2.24) is 19.8 Å². The van der Waals surface area contributed by atoms with Crippen LogP contribution in [0, 0.1) is 6.92 Å². The van der Waals surface area contributed by atoms with E-state index < -0.39 is 0 Å². The van der Waals surface area contributed by atoms with Crippen LogP contribution in [-0.2, 0) is 6.42 Å². The third kappa shape index (κ3) is 3.30. The molecule has 27 heavy (non-hydrogen) atoms. The molecule has 1 aromatic carbocycles. The van der Waals surface area contributed by atoms with Crippen LogP contribution in [0.25, 0.3) is 16.9 Å². The van der Waals surface area contributed by atoms with Crippen LogP contribution < -0.4 is 5.32 Å². The van der Waals surface area contributed by atoms with E-state index in [0.29, 0.717) is 35.0 Å². The van der Waals surface area contributed by atoms with Gasteiger partial charge in [0.15, 0.2) is 0 Å². The van der Waals surface area contributed by atoms with Gasteiger partial charge in [-0.1, -0.05) is 23.4 Å². The number of pyridine rings is 1. The third-order valence-corrected chi connectivity index (χ3v) is 4.21. The van der Waals surface area contributed by atoms with E-state index in [1.54, 1.807) is 23.0 Å². The molecule has 0 atom stereocenters. The predicted octanol–water partition coefficient (Wildman–Crippen LogP) is 2.48. The van der Waals surface area contributed by atoms with E-state index in [9.17, 15) is 4.79 Å². The molecule has 0 aliphatic carbocycles. The zero-order chi connectivity index (χ0) is 18.8. The number of aryl methyl sites for hydroxylation is 1. The fraction of sp³-hybridized carbons (Fsp3) is 0.158. The highest BCUT2D eigenvalue weighted by Gasteiger charge is 2.15. The Kier molecular flexibility index (Phi) is 4.39. The molecule has 0 saturated heterocycles. The molecule has 3 aromatic heterocycles. The molecular formula is C19H17N5O3. The number of nitrogens with one attached hydrogen (secondary N) is 1. The fourth-order valence-corrected chi connectivity index (χ4v) is 2.76. The minimum atomic E-state index is -0.245. The second-order valence-corrected chi connectivity index (χ2v) is 6.06. The lowest BCUT2D eigenvalue weighted by atomic mass is 10.1. The second-order valence-electron chi connectivity index (χ2n) is 6.06. The van der Waals surface area contributed by atoms with Crippen LogP contribution in [-0.4, -0.2) is 37.4 Å². The first-order chi connectivity index (χ1) is 13.2. The van der Waals surface area contributed by atoms with Crippen LogP contribution in [0.15, 0.2) is 53.3 Å². The number of benzene rings is 1. The van der Waals surface area contributed by atoms with Crippen molar-refractivity contribution in [2.45, 2.75) is 13.3 Å². The minimum Gasteiger partial charge on any atom is -0.396 e. The Morgan fingerprint density at radius 2 is 2.19 bits per heavy atom. The van der Waals surface area contributed by atoms with Crippen molar-refractivity contribution in [3.05, 3.63) is 65.8 Å². The van der Waals surface area contributed by atoms with Crippen LogP contribution in [0.5, 0.6) is 0 Å². The first-order valence-electron chi connectivity index (χ1n) is 8.44. The maximum Gasteiger partial charge on any atom is 0.259 e. The van der Waals surface area contributed by atoms with Crippen LogP contribution in [0.3, 0.4) is 0 Å². The summed E-state index contributed by atoms with van der Waals surface area (Å²) in [7, 11) is 0. The number of anilines is 1. The number of amides is 1. The maximum absolute atomic E-state index is 12.7. The second kappa shape index (κ2) is 7.00. The average Bonchev–Trinajstić information content (AvgIpc) is 3.31. The number of aliphatic hydroxyl groups excluding tert-OH is 1. The van der Waals surface area contributed by atoms with E-state index in [-0.39, 0.29) is 12.5 Å². The van der Waals surface area contributed by atoms with E-state index in [1.807, 2.05) is 37.3 Å². The van der Waals surface area contributed by atoms with Gasteiger partial charge in [-0.25, -0.2) is 4.52 Å². The number of hydrogen-bond donors (Lipinski definition) is 2. The molecule has 2 N–H and O–H groups in total. The van der Waals surface area contributed by atoms with E-state index in [0.717, 1.165) is 11.1 Å². The summed E-state index contributed by atoms with van der Waals surface area (Å²) < 4.78 is 6.75. The number of carbonyl (C=O) groups is 1. The number of aromatic nitrogens is 4. The van der Waals surface area contributed by atoms with Crippen LogP contribution in [0.1, 0.15) is 21.8 Å². The Morgan fingerprint density at radius 3 is 3.04 bits per heavy atom. The van der Waals surface area contributed by atoms with Gasteiger partial charge < -0.3 is 14.9 Å². The van der Waals surface area contributed by atoms with E-state index in [4.69, 9.17) is 9.63 Å². The van der Waals surface area contributed by atoms with Gasteiger partial charge in [0.05, 0.1) is 30.3 Å². The van der Waals surface area contributed by atoms with Crippen LogP contribution >= 0.6 is 0 Å². The Balaban J connectivity index is 1.62. The molecule has 0 aliphatic heterocycles. The Hall–Kier alpha value is -3.52. The summed E-state index contributed by atoms with van der Waals surface area (Å²) in [6.45, 7) is 1.85. The molecule has 136 valence electrons. The number of aliphatic hydroxyl groups is 1. The van der Waals surface area contributed by atoms with Gasteiger partial charge in [-0.3, -0.25) is 4.79 Å². The lowest BCUT2D eigenvalue weighted by Gasteiger charge is -2.09. The highest BCUT2D eigenvalue weighted by molar-refractivity contribution is 6.09. The van der Waals surface area contributed by atoms with Gasteiger partial charge in [-0.05, 0) is 30.7 Å². The molecule has 8 nitrogen and oxygen atoms in total. The largest absolute Gasteiger partial charge is 0.396 e. The fourth-order valence-electron chi connectivity index (χ4n) is 2.76. The molecule has 0 spiro atoms. The highest BCUT2D eigenvalue weighted by Crippen LogP contribution is 2.24. The molecule has 4 rings (SSSR count). The summed E-state index contributed by atoms with van der Waals surface area (Å²) in [6, 6.07) is 11.1. The number of nitrogens with zero attached hydrogens (tertiary/aromatic N) is 4. The van der Waals surface area contributed by atoms with E-state index in [2.05, 4.69) is 20.6 Å². The van der Waals surface area contributed by atoms with Crippen LogP contribution in [0.4, 0.5) is 5.69 Å². The lowest BCUT2D eigenvalue weighted by molar-refractivity contribution is 0.102. The van der Waals surface area contributed by atoms with Crippen molar-refractivity contribution in [3.8, 4) is 11.4 Å². The van der Waals surface area contributed by atoms with Gasteiger partial charge in [0.25, 0.3) is 5.91 Å². The zero-order valence-corrected chi connectivity index (χ0v) is 14.6. The van der Waals surface area contributed by atoms with Crippen molar-refractivity contribution in [1.29, 1.82) is 0 Å². The topological polar surface area (TPSA) is 106 Å². The van der Waals surface area contributed by atoms with Gasteiger partial charge in [0, 0.05) is 17.4 Å². The first kappa shape index (κ1) is 16.9. The monoisotopic (exact) mass is 363 g/mol. The molecule has 4 aromatic rings. The third-order valence-electron chi connectivity index (χ3n) is 4.21. The quantitative estimate of drug-likeness (QED) is 0.564. The smallest absolute Gasteiger partial charge is 0.259 e. The summed E-state index contributed by atoms with van der Waals surface area (Å²) in [6.07, 6.45) is 3.64. The summed E-state index contributed by atoms with van der Waals surface area (Å²) in [5.41, 5.74) is 3.49. The molecule has 0 bridgehead atoms. The molecule has 8 heteroatoms. The summed E-state index contributed by atoms with van der Waals surface area (Å²) in [4.78, 5) is 17.0. The van der Waals surface area contributed by atoms with E-state index in [1.165, 1.54) is 0 Å². The average molecular weight is 363 g/mol. The molecule has 0 aliphatic rings. The molecule has 0 unspecified atom stereocenters. The Labute approximate surface area is 154 Å². The van der Waals surface area contributed by atoms with Gasteiger partial charge in [0.2, 0.25) is 11.7 Å². The molecule has 0 fully saturated rings. The van der Waals surface area contributed by atoms with Crippen molar-refractivity contribution < 1.29 is 14.4 Å². The van der Waals surface area contributed by atoms with Gasteiger partial charge in [-0.2, -0.15) is 10.1 Å². The number of rotatable bonds is 5. The van der Waals surface area contributed by atoms with Gasteiger partial charge in [0.1, 0.15) is 0 Å². The van der Waals surface area contributed by atoms with E-state index >= 15 is 0 Å². The van der Waals surface area contributed by atoms with Gasteiger partial charge in [-0.15, -0.1) is 0 Å². The number of fused-ring (bicyclic) bond motifs is 1. The number of hydrogen-bond acceptors (Lipinski definition) is 6. The molecule has 0 saturated carbocycles. The standard InChI is InChI=1S/C19H17N5O3/c1-12-5-6-13(18-22-17(7-9-25)27-23-18)10-15(12)21-19(26)14-11-20-24-8-3-2-4-16(14)24/h2-6,8,10-11,25H,7,9H2,1H3,(H,21,26). The van der Waals surface area contributed by atoms with Gasteiger partial charge >= 0.3 is 0 Å².